The van der Waals surface area contributed by atoms with E-state index in [0.29, 0.717) is 17.1 Å². The van der Waals surface area contributed by atoms with Crippen LogP contribution in [0.25, 0.3) is 0 Å². The minimum absolute atomic E-state index is 0.00659. The second-order valence-corrected chi connectivity index (χ2v) is 5.90. The monoisotopic (exact) mass is 359 g/mol. The van der Waals surface area contributed by atoms with Crippen molar-refractivity contribution in [3.8, 4) is 11.5 Å². The number of para-hydroxylation sites is 2. The molecule has 1 aliphatic rings. The first-order chi connectivity index (χ1) is 12.4. The molecule has 0 aromatic heterocycles. The number of ether oxygens (including phenoxy) is 3. The van der Waals surface area contributed by atoms with Gasteiger partial charge in [0.25, 0.3) is 5.91 Å². The number of hydrogen-bond donors (Lipinski definition) is 1. The van der Waals surface area contributed by atoms with Gasteiger partial charge >= 0.3 is 5.97 Å². The summed E-state index contributed by atoms with van der Waals surface area (Å²) in [6, 6.07) is 11.3. The van der Waals surface area contributed by atoms with Gasteiger partial charge in [0, 0.05) is 5.69 Å². The van der Waals surface area contributed by atoms with E-state index in [-0.39, 0.29) is 12.3 Å². The molecule has 2 aromatic carbocycles. The number of carbonyl (C=O) groups excluding carboxylic acids is 2. The topological polar surface area (TPSA) is 73.9 Å². The van der Waals surface area contributed by atoms with E-state index >= 15 is 0 Å². The average molecular weight is 359 g/mol. The van der Waals surface area contributed by atoms with Crippen LogP contribution in [0.15, 0.2) is 42.5 Å². The fraction of sp³-hybridized carbons (Fsp3) is 0.263. The zero-order valence-electron chi connectivity index (χ0n) is 14.3. The number of fused-ring (bicyclic) bond motifs is 1. The summed E-state index contributed by atoms with van der Waals surface area (Å²) in [5.74, 6) is -0.730. The first-order valence-electron chi connectivity index (χ1n) is 8.10. The highest BCUT2D eigenvalue weighted by atomic mass is 19.1. The first-order valence-corrected chi connectivity index (χ1v) is 8.10. The zero-order valence-corrected chi connectivity index (χ0v) is 14.3. The van der Waals surface area contributed by atoms with Crippen LogP contribution in [0, 0.1) is 12.7 Å². The molecule has 26 heavy (non-hydrogen) atoms. The normalized spacial score (nSPS) is 16.5. The van der Waals surface area contributed by atoms with Crippen LogP contribution in [-0.4, -0.2) is 30.7 Å². The number of halogens is 1. The molecule has 0 saturated heterocycles. The van der Waals surface area contributed by atoms with E-state index in [2.05, 4.69) is 5.32 Å². The minimum atomic E-state index is -1.08. The van der Waals surface area contributed by atoms with Crippen LogP contribution in [0.4, 0.5) is 10.1 Å². The average Bonchev–Trinajstić information content (AvgIpc) is 2.64. The number of esters is 1. The van der Waals surface area contributed by atoms with Crippen LogP contribution >= 0.6 is 0 Å². The number of nitrogens with one attached hydrogen (secondary N) is 1. The van der Waals surface area contributed by atoms with Crippen molar-refractivity contribution in [3.05, 3.63) is 53.8 Å². The lowest BCUT2D eigenvalue weighted by molar-refractivity contribution is -0.162. The fourth-order valence-corrected chi connectivity index (χ4v) is 2.35. The SMILES string of the molecule is Cc1ccc(NC(=O)[C@@H](C)OC(=O)[C@@H]2COc3ccccc3O2)cc1F. The minimum Gasteiger partial charge on any atom is -0.485 e. The van der Waals surface area contributed by atoms with E-state index in [9.17, 15) is 14.0 Å². The number of benzene rings is 2. The maximum atomic E-state index is 13.5. The molecular weight excluding hydrogens is 341 g/mol. The molecule has 1 aliphatic heterocycles. The number of anilines is 1. The van der Waals surface area contributed by atoms with E-state index in [4.69, 9.17) is 14.2 Å². The molecule has 0 spiro atoms. The summed E-state index contributed by atoms with van der Waals surface area (Å²) in [4.78, 5) is 24.3. The quantitative estimate of drug-likeness (QED) is 0.850. The number of aryl methyl sites for hydroxylation is 1. The first kappa shape index (κ1) is 17.7. The van der Waals surface area contributed by atoms with Crippen LogP contribution < -0.4 is 14.8 Å². The molecule has 0 fully saturated rings. The molecule has 0 bridgehead atoms. The highest BCUT2D eigenvalue weighted by Gasteiger charge is 2.31. The lowest BCUT2D eigenvalue weighted by Crippen LogP contribution is -2.41. The van der Waals surface area contributed by atoms with Gasteiger partial charge in [0.15, 0.2) is 17.6 Å². The highest BCUT2D eigenvalue weighted by molar-refractivity contribution is 5.95. The lowest BCUT2D eigenvalue weighted by Gasteiger charge is -2.25. The third-order valence-electron chi connectivity index (χ3n) is 3.87. The molecule has 0 unspecified atom stereocenters. The summed E-state index contributed by atoms with van der Waals surface area (Å²) in [7, 11) is 0. The largest absolute Gasteiger partial charge is 0.485 e. The summed E-state index contributed by atoms with van der Waals surface area (Å²) in [6.45, 7) is 3.04. The fourth-order valence-electron chi connectivity index (χ4n) is 2.35. The Hall–Kier alpha value is -3.09. The maximum Gasteiger partial charge on any atom is 0.351 e. The third-order valence-corrected chi connectivity index (χ3v) is 3.87. The van der Waals surface area contributed by atoms with E-state index in [0.717, 1.165) is 0 Å². The van der Waals surface area contributed by atoms with Gasteiger partial charge in [-0.05, 0) is 43.7 Å². The molecule has 2 atom stereocenters. The Kier molecular flexibility index (Phi) is 5.06. The molecule has 1 N–H and O–H groups in total. The molecular formula is C19H18FNO5. The summed E-state index contributed by atoms with van der Waals surface area (Å²) in [5.41, 5.74) is 0.754. The Morgan fingerprint density at radius 3 is 2.69 bits per heavy atom. The number of rotatable bonds is 4. The van der Waals surface area contributed by atoms with Crippen molar-refractivity contribution in [2.45, 2.75) is 26.1 Å². The van der Waals surface area contributed by atoms with Crippen molar-refractivity contribution in [1.29, 1.82) is 0 Å². The highest BCUT2D eigenvalue weighted by Crippen LogP contribution is 2.31. The molecule has 136 valence electrons. The van der Waals surface area contributed by atoms with Crippen molar-refractivity contribution in [3.63, 3.8) is 0 Å². The van der Waals surface area contributed by atoms with Crippen LogP contribution in [0.5, 0.6) is 11.5 Å². The molecule has 7 heteroatoms. The molecule has 3 rings (SSSR count). The summed E-state index contributed by atoms with van der Waals surface area (Å²) < 4.78 is 29.7. The van der Waals surface area contributed by atoms with Crippen molar-refractivity contribution in [2.75, 3.05) is 11.9 Å². The Balaban J connectivity index is 1.57. The second kappa shape index (κ2) is 7.43. The van der Waals surface area contributed by atoms with Crippen LogP contribution in [-0.2, 0) is 14.3 Å². The van der Waals surface area contributed by atoms with Crippen LogP contribution in [0.2, 0.25) is 0 Å². The van der Waals surface area contributed by atoms with E-state index < -0.39 is 29.9 Å². The van der Waals surface area contributed by atoms with E-state index in [1.54, 1.807) is 43.3 Å². The number of hydrogen-bond acceptors (Lipinski definition) is 5. The van der Waals surface area contributed by atoms with Gasteiger partial charge < -0.3 is 19.5 Å². The summed E-state index contributed by atoms with van der Waals surface area (Å²) in [5, 5.41) is 2.51. The predicted octanol–water partition coefficient (Wildman–Crippen LogP) is 2.84. The smallest absolute Gasteiger partial charge is 0.351 e. The van der Waals surface area contributed by atoms with Gasteiger partial charge in [-0.25, -0.2) is 9.18 Å². The Morgan fingerprint density at radius 2 is 1.96 bits per heavy atom. The van der Waals surface area contributed by atoms with Crippen molar-refractivity contribution < 1.29 is 28.2 Å². The molecule has 0 aliphatic carbocycles. The predicted molar refractivity (Wildman–Crippen MR) is 91.7 cm³/mol. The second-order valence-electron chi connectivity index (χ2n) is 5.90. The zero-order chi connectivity index (χ0) is 18.7. The summed E-state index contributed by atoms with van der Waals surface area (Å²) >= 11 is 0. The molecule has 6 nitrogen and oxygen atoms in total. The number of amides is 1. The molecule has 1 heterocycles. The Bertz CT molecular complexity index is 838. The van der Waals surface area contributed by atoms with Gasteiger partial charge in [-0.3, -0.25) is 4.79 Å². The van der Waals surface area contributed by atoms with Crippen molar-refractivity contribution in [1.82, 2.24) is 0 Å². The van der Waals surface area contributed by atoms with Crippen molar-refractivity contribution >= 4 is 17.6 Å². The van der Waals surface area contributed by atoms with E-state index in [1.165, 1.54) is 13.0 Å². The molecule has 2 aromatic rings. The van der Waals surface area contributed by atoms with Gasteiger partial charge in [0.1, 0.15) is 12.4 Å². The van der Waals surface area contributed by atoms with Crippen molar-refractivity contribution in [2.24, 2.45) is 0 Å². The lowest BCUT2D eigenvalue weighted by atomic mass is 10.2. The molecule has 0 radical (unpaired) electrons. The van der Waals surface area contributed by atoms with Gasteiger partial charge in [-0.1, -0.05) is 18.2 Å². The van der Waals surface area contributed by atoms with Gasteiger partial charge in [-0.15, -0.1) is 0 Å². The standard InChI is InChI=1S/C19H18FNO5/c1-11-7-8-13(9-14(11)20)21-18(22)12(2)25-19(23)17-10-24-15-5-3-4-6-16(15)26-17/h3-9,12,17H,10H2,1-2H3,(H,21,22)/t12-,17+/m1/s1. The molecule has 0 saturated carbocycles. The van der Waals surface area contributed by atoms with Crippen LogP contribution in [0.3, 0.4) is 0 Å². The van der Waals surface area contributed by atoms with Gasteiger partial charge in [0.05, 0.1) is 0 Å². The number of carbonyl (C=O) groups is 2. The van der Waals surface area contributed by atoms with E-state index in [1.807, 2.05) is 0 Å². The molecule has 1 amide bonds. The Morgan fingerprint density at radius 1 is 1.23 bits per heavy atom. The maximum absolute atomic E-state index is 13.5. The third kappa shape index (κ3) is 3.93. The summed E-state index contributed by atoms with van der Waals surface area (Å²) in [6.07, 6.45) is -2.04. The van der Waals surface area contributed by atoms with Gasteiger partial charge in [-0.2, -0.15) is 0 Å². The Labute approximate surface area is 149 Å². The van der Waals surface area contributed by atoms with Gasteiger partial charge in [0.2, 0.25) is 6.10 Å². The van der Waals surface area contributed by atoms with Crippen LogP contribution in [0.1, 0.15) is 12.5 Å².